The first kappa shape index (κ1) is 13.0. The summed E-state index contributed by atoms with van der Waals surface area (Å²) in [7, 11) is 0. The second-order valence-electron chi connectivity index (χ2n) is 4.06. The van der Waals surface area contributed by atoms with Crippen molar-refractivity contribution in [2.75, 3.05) is 26.2 Å². The Bertz CT molecular complexity index is 315. The lowest BCUT2D eigenvalue weighted by Crippen LogP contribution is -2.29. The van der Waals surface area contributed by atoms with Crippen LogP contribution in [0.2, 0.25) is 0 Å². The number of hydrogen-bond donors (Lipinski definition) is 1. The Morgan fingerprint density at radius 2 is 2.06 bits per heavy atom. The molecule has 16 heavy (non-hydrogen) atoms. The predicted octanol–water partition coefficient (Wildman–Crippen LogP) is 3.46. The molecule has 5 heteroatoms. The minimum Gasteiger partial charge on any atom is -0.311 e. The van der Waals surface area contributed by atoms with Gasteiger partial charge in [0.2, 0.25) is 0 Å². The van der Waals surface area contributed by atoms with E-state index in [0.29, 0.717) is 0 Å². The highest BCUT2D eigenvalue weighted by Crippen LogP contribution is 2.32. The largest absolute Gasteiger partial charge is 0.311 e. The Morgan fingerprint density at radius 3 is 2.69 bits per heavy atom. The highest BCUT2D eigenvalue weighted by molar-refractivity contribution is 9.13. The van der Waals surface area contributed by atoms with Crippen molar-refractivity contribution in [2.45, 2.75) is 19.4 Å². The molecule has 0 bridgehead atoms. The number of nitrogens with one attached hydrogen (secondary N) is 1. The maximum atomic E-state index is 3.51. The van der Waals surface area contributed by atoms with Gasteiger partial charge in [-0.2, -0.15) is 0 Å². The summed E-state index contributed by atoms with van der Waals surface area (Å²) in [6, 6.07) is 2.18. The molecule has 0 amide bonds. The molecule has 0 radical (unpaired) electrons. The number of rotatable bonds is 5. The van der Waals surface area contributed by atoms with Gasteiger partial charge in [-0.15, -0.1) is 11.3 Å². The zero-order valence-electron chi connectivity index (χ0n) is 9.14. The van der Waals surface area contributed by atoms with Gasteiger partial charge in [0.05, 0.1) is 3.79 Å². The van der Waals surface area contributed by atoms with Crippen LogP contribution in [0.25, 0.3) is 0 Å². The van der Waals surface area contributed by atoms with Gasteiger partial charge < -0.3 is 10.2 Å². The molecule has 2 heterocycles. The summed E-state index contributed by atoms with van der Waals surface area (Å²) in [6.45, 7) is 5.83. The first-order valence-corrected chi connectivity index (χ1v) is 8.03. The van der Waals surface area contributed by atoms with E-state index in [0.717, 1.165) is 17.6 Å². The normalized spacial score (nSPS) is 17.1. The average Bonchev–Trinajstić information content (AvgIpc) is 2.85. The van der Waals surface area contributed by atoms with E-state index in [1.807, 2.05) is 0 Å². The molecule has 1 N–H and O–H groups in total. The van der Waals surface area contributed by atoms with Crippen LogP contribution in [0, 0.1) is 0 Å². The van der Waals surface area contributed by atoms with Crippen molar-refractivity contribution in [1.82, 2.24) is 10.2 Å². The maximum Gasteiger partial charge on any atom is 0.0843 e. The maximum absolute atomic E-state index is 3.51. The molecule has 2 nitrogen and oxygen atoms in total. The molecular weight excluding hydrogens is 352 g/mol. The van der Waals surface area contributed by atoms with Crippen LogP contribution in [-0.2, 0) is 6.54 Å². The quantitative estimate of drug-likeness (QED) is 0.801. The Morgan fingerprint density at radius 1 is 1.31 bits per heavy atom. The SMILES string of the molecule is Brc1cc(CNCCN2CCCC2)sc1Br. The number of thiophene rings is 1. The summed E-state index contributed by atoms with van der Waals surface area (Å²) in [6.07, 6.45) is 2.76. The fraction of sp³-hybridized carbons (Fsp3) is 0.636. The van der Waals surface area contributed by atoms with Crippen LogP contribution < -0.4 is 5.32 Å². The first-order valence-electron chi connectivity index (χ1n) is 5.62. The van der Waals surface area contributed by atoms with Crippen molar-refractivity contribution in [3.8, 4) is 0 Å². The highest BCUT2D eigenvalue weighted by Gasteiger charge is 2.10. The fourth-order valence-electron chi connectivity index (χ4n) is 1.93. The summed E-state index contributed by atoms with van der Waals surface area (Å²) in [4.78, 5) is 3.91. The topological polar surface area (TPSA) is 15.3 Å². The van der Waals surface area contributed by atoms with Crippen molar-refractivity contribution in [3.05, 3.63) is 19.2 Å². The smallest absolute Gasteiger partial charge is 0.0843 e. The number of nitrogens with zero attached hydrogens (tertiary/aromatic N) is 1. The molecular formula is C11H16Br2N2S. The van der Waals surface area contributed by atoms with E-state index in [9.17, 15) is 0 Å². The van der Waals surface area contributed by atoms with Gasteiger partial charge in [-0.25, -0.2) is 0 Å². The summed E-state index contributed by atoms with van der Waals surface area (Å²) >= 11 is 8.81. The van der Waals surface area contributed by atoms with Crippen LogP contribution in [0.1, 0.15) is 17.7 Å². The van der Waals surface area contributed by atoms with Crippen molar-refractivity contribution in [1.29, 1.82) is 0 Å². The third-order valence-electron chi connectivity index (χ3n) is 2.80. The minimum atomic E-state index is 0.975. The van der Waals surface area contributed by atoms with Gasteiger partial charge in [0, 0.05) is 29.0 Å². The van der Waals surface area contributed by atoms with Crippen LogP contribution in [0.3, 0.4) is 0 Å². The Kier molecular flexibility index (Phi) is 5.29. The van der Waals surface area contributed by atoms with E-state index < -0.39 is 0 Å². The second-order valence-corrected chi connectivity index (χ2v) is 7.37. The summed E-state index contributed by atoms with van der Waals surface area (Å²) in [5.74, 6) is 0. The molecule has 0 aromatic carbocycles. The zero-order chi connectivity index (χ0) is 11.4. The molecule has 1 aliphatic rings. The standard InChI is InChI=1S/C11H16Br2N2S/c12-10-7-9(16-11(10)13)8-14-3-6-15-4-1-2-5-15/h7,14H,1-6,8H2. The van der Waals surface area contributed by atoms with Crippen LogP contribution >= 0.6 is 43.2 Å². The second kappa shape index (κ2) is 6.50. The molecule has 0 atom stereocenters. The van der Waals surface area contributed by atoms with Gasteiger partial charge in [0.15, 0.2) is 0 Å². The van der Waals surface area contributed by atoms with Gasteiger partial charge in [-0.1, -0.05) is 0 Å². The van der Waals surface area contributed by atoms with Gasteiger partial charge in [-0.3, -0.25) is 0 Å². The molecule has 0 saturated carbocycles. The van der Waals surface area contributed by atoms with E-state index >= 15 is 0 Å². The number of hydrogen-bond acceptors (Lipinski definition) is 3. The lowest BCUT2D eigenvalue weighted by atomic mass is 10.4. The Labute approximate surface area is 118 Å². The zero-order valence-corrected chi connectivity index (χ0v) is 13.1. The third kappa shape index (κ3) is 3.81. The lowest BCUT2D eigenvalue weighted by molar-refractivity contribution is 0.336. The first-order chi connectivity index (χ1) is 7.75. The Hall–Kier alpha value is 0.580. The summed E-state index contributed by atoms with van der Waals surface area (Å²) < 4.78 is 2.35. The third-order valence-corrected chi connectivity index (χ3v) is 6.06. The van der Waals surface area contributed by atoms with E-state index in [1.54, 1.807) is 11.3 Å². The summed E-state index contributed by atoms with van der Waals surface area (Å²) in [5.41, 5.74) is 0. The highest BCUT2D eigenvalue weighted by atomic mass is 79.9. The van der Waals surface area contributed by atoms with Gasteiger partial charge in [-0.05, 0) is 63.9 Å². The number of likely N-dealkylation sites (tertiary alicyclic amines) is 1. The molecule has 1 aromatic heterocycles. The van der Waals surface area contributed by atoms with E-state index in [-0.39, 0.29) is 0 Å². The Balaban J connectivity index is 1.64. The molecule has 0 aliphatic carbocycles. The molecule has 0 spiro atoms. The predicted molar refractivity (Wildman–Crippen MR) is 77.1 cm³/mol. The summed E-state index contributed by atoms with van der Waals surface area (Å²) in [5, 5.41) is 3.50. The molecule has 0 unspecified atom stereocenters. The van der Waals surface area contributed by atoms with E-state index in [1.165, 1.54) is 41.1 Å². The monoisotopic (exact) mass is 366 g/mol. The van der Waals surface area contributed by atoms with Crippen LogP contribution in [0.5, 0.6) is 0 Å². The van der Waals surface area contributed by atoms with Crippen molar-refractivity contribution >= 4 is 43.2 Å². The van der Waals surface area contributed by atoms with E-state index in [4.69, 9.17) is 0 Å². The molecule has 1 aliphatic heterocycles. The van der Waals surface area contributed by atoms with Gasteiger partial charge in [0.1, 0.15) is 0 Å². The molecule has 1 saturated heterocycles. The molecule has 1 aromatic rings. The number of halogens is 2. The van der Waals surface area contributed by atoms with Gasteiger partial charge >= 0.3 is 0 Å². The van der Waals surface area contributed by atoms with E-state index in [2.05, 4.69) is 48.1 Å². The van der Waals surface area contributed by atoms with Crippen molar-refractivity contribution in [3.63, 3.8) is 0 Å². The van der Waals surface area contributed by atoms with Crippen LogP contribution in [-0.4, -0.2) is 31.1 Å². The van der Waals surface area contributed by atoms with Crippen molar-refractivity contribution in [2.24, 2.45) is 0 Å². The lowest BCUT2D eigenvalue weighted by Gasteiger charge is -2.14. The van der Waals surface area contributed by atoms with Crippen LogP contribution in [0.4, 0.5) is 0 Å². The molecule has 90 valence electrons. The average molecular weight is 368 g/mol. The van der Waals surface area contributed by atoms with Crippen molar-refractivity contribution < 1.29 is 0 Å². The fourth-order valence-corrected chi connectivity index (χ4v) is 4.08. The van der Waals surface area contributed by atoms with Gasteiger partial charge in [0.25, 0.3) is 0 Å². The molecule has 1 fully saturated rings. The van der Waals surface area contributed by atoms with Crippen LogP contribution in [0.15, 0.2) is 14.3 Å². The minimum absolute atomic E-state index is 0.975. The molecule has 2 rings (SSSR count).